The molecule has 1 N–H and O–H groups in total. The van der Waals surface area contributed by atoms with Gasteiger partial charge in [-0.3, -0.25) is 4.55 Å². The first kappa shape index (κ1) is 11.8. The molecule has 0 radical (unpaired) electrons. The van der Waals surface area contributed by atoms with E-state index in [9.17, 15) is 8.76 Å². The molecule has 16 heavy (non-hydrogen) atoms. The van der Waals surface area contributed by atoms with E-state index in [4.69, 9.17) is 0 Å². The molecule has 0 amide bonds. The van der Waals surface area contributed by atoms with E-state index in [1.54, 1.807) is 4.31 Å². The molecule has 3 nitrogen and oxygen atoms in total. The summed E-state index contributed by atoms with van der Waals surface area (Å²) in [6.07, 6.45) is 4.07. The molecule has 0 saturated carbocycles. The Morgan fingerprint density at radius 3 is 2.75 bits per heavy atom. The van der Waals surface area contributed by atoms with E-state index in [2.05, 4.69) is 12.1 Å². The molecular weight excluding hydrogens is 222 g/mol. The van der Waals surface area contributed by atoms with Gasteiger partial charge in [0.25, 0.3) is 0 Å². The van der Waals surface area contributed by atoms with Gasteiger partial charge in [0.1, 0.15) is 0 Å². The molecule has 2 atom stereocenters. The third-order valence-corrected chi connectivity index (χ3v) is 3.97. The Bertz CT molecular complexity index is 355. The van der Waals surface area contributed by atoms with E-state index in [1.807, 2.05) is 18.2 Å². The van der Waals surface area contributed by atoms with Crippen molar-refractivity contribution in [3.05, 3.63) is 35.9 Å². The molecule has 1 aliphatic rings. The van der Waals surface area contributed by atoms with Crippen molar-refractivity contribution < 1.29 is 8.76 Å². The van der Waals surface area contributed by atoms with Crippen LogP contribution in [0.4, 0.5) is 0 Å². The summed E-state index contributed by atoms with van der Waals surface area (Å²) in [5.41, 5.74) is 1.24. The van der Waals surface area contributed by atoms with Crippen LogP contribution in [-0.4, -0.2) is 25.7 Å². The molecule has 1 aliphatic heterocycles. The van der Waals surface area contributed by atoms with Crippen LogP contribution < -0.4 is 0 Å². The average molecular weight is 239 g/mol. The van der Waals surface area contributed by atoms with Crippen molar-refractivity contribution >= 4 is 11.3 Å². The molecule has 0 aliphatic carbocycles. The SMILES string of the molecule is O=S(O)N1CCCCC1Cc1ccccc1. The van der Waals surface area contributed by atoms with E-state index >= 15 is 0 Å². The Balaban J connectivity index is 2.04. The third kappa shape index (κ3) is 2.90. The second-order valence-corrected chi connectivity index (χ2v) is 5.14. The fraction of sp³-hybridized carbons (Fsp3) is 0.500. The van der Waals surface area contributed by atoms with E-state index in [0.29, 0.717) is 0 Å². The van der Waals surface area contributed by atoms with Gasteiger partial charge in [-0.15, -0.1) is 0 Å². The number of rotatable bonds is 3. The maximum Gasteiger partial charge on any atom is 0.234 e. The van der Waals surface area contributed by atoms with E-state index in [1.165, 1.54) is 5.56 Å². The Hall–Kier alpha value is -0.710. The predicted molar refractivity (Wildman–Crippen MR) is 65.3 cm³/mol. The smallest absolute Gasteiger partial charge is 0.234 e. The first-order valence-electron chi connectivity index (χ1n) is 5.69. The lowest BCUT2D eigenvalue weighted by Crippen LogP contribution is -2.41. The standard InChI is InChI=1S/C12H17NO2S/c14-16(15)13-9-5-4-8-12(13)10-11-6-2-1-3-7-11/h1-3,6-7,12H,4-5,8-10H2,(H,14,15). The van der Waals surface area contributed by atoms with Crippen molar-refractivity contribution in [3.63, 3.8) is 0 Å². The highest BCUT2D eigenvalue weighted by atomic mass is 32.2. The van der Waals surface area contributed by atoms with Gasteiger partial charge < -0.3 is 0 Å². The summed E-state index contributed by atoms with van der Waals surface area (Å²) in [4.78, 5) is 0. The Morgan fingerprint density at radius 1 is 1.31 bits per heavy atom. The van der Waals surface area contributed by atoms with Gasteiger partial charge in [0.2, 0.25) is 11.3 Å². The van der Waals surface area contributed by atoms with Gasteiger partial charge in [-0.2, -0.15) is 4.31 Å². The Morgan fingerprint density at radius 2 is 2.06 bits per heavy atom. The number of nitrogens with zero attached hydrogens (tertiary/aromatic N) is 1. The lowest BCUT2D eigenvalue weighted by molar-refractivity contribution is 0.246. The fourth-order valence-corrected chi connectivity index (χ4v) is 2.99. The van der Waals surface area contributed by atoms with Crippen molar-refractivity contribution in [1.29, 1.82) is 0 Å². The Kier molecular flexibility index (Phi) is 4.09. The van der Waals surface area contributed by atoms with Crippen molar-refractivity contribution in [2.75, 3.05) is 6.54 Å². The zero-order chi connectivity index (χ0) is 11.4. The highest BCUT2D eigenvalue weighted by Gasteiger charge is 2.26. The van der Waals surface area contributed by atoms with Crippen molar-refractivity contribution in [2.45, 2.75) is 31.7 Å². The van der Waals surface area contributed by atoms with Crippen molar-refractivity contribution in [1.82, 2.24) is 4.31 Å². The summed E-state index contributed by atoms with van der Waals surface area (Å²) in [5, 5.41) is 0. The van der Waals surface area contributed by atoms with Crippen LogP contribution in [0.5, 0.6) is 0 Å². The lowest BCUT2D eigenvalue weighted by Gasteiger charge is -2.32. The molecule has 2 unspecified atom stereocenters. The van der Waals surface area contributed by atoms with Gasteiger partial charge in [0, 0.05) is 12.6 Å². The second-order valence-electron chi connectivity index (χ2n) is 4.21. The average Bonchev–Trinajstić information content (AvgIpc) is 2.31. The minimum atomic E-state index is -1.82. The normalized spacial score (nSPS) is 24.2. The van der Waals surface area contributed by atoms with Gasteiger partial charge in [-0.25, -0.2) is 4.21 Å². The molecule has 1 aromatic rings. The monoisotopic (exact) mass is 239 g/mol. The van der Waals surface area contributed by atoms with Gasteiger partial charge >= 0.3 is 0 Å². The summed E-state index contributed by atoms with van der Waals surface area (Å²) in [5.74, 6) is 0. The van der Waals surface area contributed by atoms with Crippen molar-refractivity contribution in [3.8, 4) is 0 Å². The van der Waals surface area contributed by atoms with E-state index < -0.39 is 11.3 Å². The maximum absolute atomic E-state index is 11.2. The summed E-state index contributed by atoms with van der Waals surface area (Å²) in [7, 11) is 0. The summed E-state index contributed by atoms with van der Waals surface area (Å²) < 4.78 is 22.1. The second kappa shape index (κ2) is 5.57. The van der Waals surface area contributed by atoms with Crippen LogP contribution in [-0.2, 0) is 17.7 Å². The zero-order valence-electron chi connectivity index (χ0n) is 9.21. The van der Waals surface area contributed by atoms with E-state index in [0.717, 1.165) is 32.2 Å². The molecule has 0 aromatic heterocycles. The maximum atomic E-state index is 11.2. The molecule has 88 valence electrons. The van der Waals surface area contributed by atoms with Gasteiger partial charge in [0.15, 0.2) is 0 Å². The predicted octanol–water partition coefficient (Wildman–Crippen LogP) is 2.22. The van der Waals surface area contributed by atoms with Crippen LogP contribution in [0.1, 0.15) is 24.8 Å². The highest BCUT2D eigenvalue weighted by molar-refractivity contribution is 7.76. The number of piperidine rings is 1. The Labute approximate surface area is 98.9 Å². The molecule has 0 bridgehead atoms. The summed E-state index contributed by atoms with van der Waals surface area (Å²) >= 11 is -1.82. The minimum absolute atomic E-state index is 0.210. The third-order valence-electron chi connectivity index (χ3n) is 3.09. The van der Waals surface area contributed by atoms with Crippen LogP contribution in [0.25, 0.3) is 0 Å². The van der Waals surface area contributed by atoms with Crippen LogP contribution in [0.15, 0.2) is 30.3 Å². The fourth-order valence-electron chi connectivity index (χ4n) is 2.27. The van der Waals surface area contributed by atoms with Crippen LogP contribution in [0, 0.1) is 0 Å². The minimum Gasteiger partial charge on any atom is -0.294 e. The largest absolute Gasteiger partial charge is 0.294 e. The van der Waals surface area contributed by atoms with Gasteiger partial charge in [-0.05, 0) is 24.8 Å². The molecule has 1 saturated heterocycles. The summed E-state index contributed by atoms with van der Waals surface area (Å²) in [6.45, 7) is 0.737. The zero-order valence-corrected chi connectivity index (χ0v) is 10.0. The first-order chi connectivity index (χ1) is 7.77. The lowest BCUT2D eigenvalue weighted by atomic mass is 9.98. The molecule has 1 fully saturated rings. The topological polar surface area (TPSA) is 40.5 Å². The molecule has 4 heteroatoms. The van der Waals surface area contributed by atoms with Crippen molar-refractivity contribution in [2.24, 2.45) is 0 Å². The summed E-state index contributed by atoms with van der Waals surface area (Å²) in [6, 6.07) is 10.4. The number of benzene rings is 1. The van der Waals surface area contributed by atoms with Gasteiger partial charge in [0.05, 0.1) is 0 Å². The number of hydrogen-bond acceptors (Lipinski definition) is 1. The molecular formula is C12H17NO2S. The van der Waals surface area contributed by atoms with Crippen LogP contribution in [0.3, 0.4) is 0 Å². The highest BCUT2D eigenvalue weighted by Crippen LogP contribution is 2.21. The van der Waals surface area contributed by atoms with Gasteiger partial charge in [-0.1, -0.05) is 36.8 Å². The number of hydrogen-bond donors (Lipinski definition) is 1. The molecule has 2 rings (SSSR count). The molecule has 0 spiro atoms. The molecule has 1 aromatic carbocycles. The first-order valence-corrected chi connectivity index (χ1v) is 6.75. The van der Waals surface area contributed by atoms with Crippen LogP contribution >= 0.6 is 0 Å². The van der Waals surface area contributed by atoms with Crippen LogP contribution in [0.2, 0.25) is 0 Å². The van der Waals surface area contributed by atoms with E-state index in [-0.39, 0.29) is 6.04 Å². The quantitative estimate of drug-likeness (QED) is 0.822. The molecule has 1 heterocycles.